The molecule has 0 saturated carbocycles. The fourth-order valence-corrected chi connectivity index (χ4v) is 2.16. The largest absolute Gasteiger partial charge is 0.486 e. The van der Waals surface area contributed by atoms with E-state index in [2.05, 4.69) is 0 Å². The van der Waals surface area contributed by atoms with Crippen molar-refractivity contribution in [2.24, 2.45) is 7.05 Å². The number of aliphatic hydroxyl groups excluding tert-OH is 1. The SMILES string of the molecule is Cn1cccc1C(O)c1ccc2c(c1)OCCO2. The van der Waals surface area contributed by atoms with Gasteiger partial charge in [-0.05, 0) is 29.8 Å². The Morgan fingerprint density at radius 3 is 2.67 bits per heavy atom. The van der Waals surface area contributed by atoms with E-state index in [9.17, 15) is 5.11 Å². The van der Waals surface area contributed by atoms with Gasteiger partial charge in [-0.15, -0.1) is 0 Å². The number of fused-ring (bicyclic) bond motifs is 1. The molecule has 2 aromatic rings. The molecule has 0 spiro atoms. The van der Waals surface area contributed by atoms with Gasteiger partial charge in [-0.2, -0.15) is 0 Å². The van der Waals surface area contributed by atoms with Crippen LogP contribution in [0.5, 0.6) is 11.5 Å². The number of hydrogen-bond donors (Lipinski definition) is 1. The molecular weight excluding hydrogens is 230 g/mol. The van der Waals surface area contributed by atoms with Crippen LogP contribution in [-0.4, -0.2) is 22.9 Å². The Bertz CT molecular complexity index is 562. The summed E-state index contributed by atoms with van der Waals surface area (Å²) in [5.41, 5.74) is 1.66. The number of hydrogen-bond acceptors (Lipinski definition) is 3. The Hall–Kier alpha value is -1.94. The number of aromatic nitrogens is 1. The average molecular weight is 245 g/mol. The molecule has 0 saturated heterocycles. The van der Waals surface area contributed by atoms with Gasteiger partial charge in [-0.1, -0.05) is 6.07 Å². The number of benzene rings is 1. The Morgan fingerprint density at radius 2 is 1.94 bits per heavy atom. The van der Waals surface area contributed by atoms with Gasteiger partial charge in [-0.3, -0.25) is 0 Å². The van der Waals surface area contributed by atoms with E-state index in [1.165, 1.54) is 0 Å². The highest BCUT2D eigenvalue weighted by atomic mass is 16.6. The van der Waals surface area contributed by atoms with Crippen LogP contribution >= 0.6 is 0 Å². The normalized spacial score (nSPS) is 15.4. The molecule has 1 N–H and O–H groups in total. The molecule has 18 heavy (non-hydrogen) atoms. The maximum absolute atomic E-state index is 10.3. The first-order chi connectivity index (χ1) is 8.75. The zero-order valence-electron chi connectivity index (χ0n) is 10.2. The van der Waals surface area contributed by atoms with Crippen molar-refractivity contribution in [3.8, 4) is 11.5 Å². The van der Waals surface area contributed by atoms with E-state index in [1.54, 1.807) is 0 Å². The second kappa shape index (κ2) is 4.38. The lowest BCUT2D eigenvalue weighted by atomic mass is 10.1. The monoisotopic (exact) mass is 245 g/mol. The summed E-state index contributed by atoms with van der Waals surface area (Å²) in [4.78, 5) is 0. The molecule has 0 bridgehead atoms. The Morgan fingerprint density at radius 1 is 1.17 bits per heavy atom. The molecule has 2 heterocycles. The number of aliphatic hydroxyl groups is 1. The highest BCUT2D eigenvalue weighted by Gasteiger charge is 2.17. The first kappa shape index (κ1) is 11.2. The van der Waals surface area contributed by atoms with E-state index in [4.69, 9.17) is 9.47 Å². The molecule has 0 radical (unpaired) electrons. The van der Waals surface area contributed by atoms with Gasteiger partial charge < -0.3 is 19.1 Å². The summed E-state index contributed by atoms with van der Waals surface area (Å²) in [6.45, 7) is 1.13. The van der Waals surface area contributed by atoms with Gasteiger partial charge in [0.1, 0.15) is 19.3 Å². The van der Waals surface area contributed by atoms with Crippen molar-refractivity contribution in [2.45, 2.75) is 6.10 Å². The fourth-order valence-electron chi connectivity index (χ4n) is 2.16. The van der Waals surface area contributed by atoms with Crippen LogP contribution in [-0.2, 0) is 7.05 Å². The van der Waals surface area contributed by atoms with Gasteiger partial charge in [0.15, 0.2) is 11.5 Å². The van der Waals surface area contributed by atoms with Gasteiger partial charge >= 0.3 is 0 Å². The van der Waals surface area contributed by atoms with Crippen molar-refractivity contribution in [2.75, 3.05) is 13.2 Å². The van der Waals surface area contributed by atoms with E-state index < -0.39 is 6.10 Å². The standard InChI is InChI=1S/C14H15NO3/c1-15-6-2-3-11(15)14(16)10-4-5-12-13(9-10)18-8-7-17-12/h2-6,9,14,16H,7-8H2,1H3. The molecule has 4 heteroatoms. The number of aryl methyl sites for hydroxylation is 1. The zero-order chi connectivity index (χ0) is 12.5. The molecule has 1 aliphatic rings. The first-order valence-electron chi connectivity index (χ1n) is 5.94. The number of rotatable bonds is 2. The quantitative estimate of drug-likeness (QED) is 0.878. The lowest BCUT2D eigenvalue weighted by molar-refractivity contribution is 0.169. The minimum Gasteiger partial charge on any atom is -0.486 e. The van der Waals surface area contributed by atoms with Crippen LogP contribution in [0.15, 0.2) is 36.5 Å². The average Bonchev–Trinajstić information content (AvgIpc) is 2.83. The van der Waals surface area contributed by atoms with Crippen molar-refractivity contribution in [1.29, 1.82) is 0 Å². The van der Waals surface area contributed by atoms with Crippen LogP contribution in [0.4, 0.5) is 0 Å². The highest BCUT2D eigenvalue weighted by molar-refractivity contribution is 5.45. The molecule has 1 aliphatic heterocycles. The van der Waals surface area contributed by atoms with E-state index >= 15 is 0 Å². The van der Waals surface area contributed by atoms with Gasteiger partial charge in [0.2, 0.25) is 0 Å². The third kappa shape index (κ3) is 1.84. The van der Waals surface area contributed by atoms with Gasteiger partial charge in [-0.25, -0.2) is 0 Å². The topological polar surface area (TPSA) is 43.6 Å². The van der Waals surface area contributed by atoms with Crippen molar-refractivity contribution >= 4 is 0 Å². The maximum Gasteiger partial charge on any atom is 0.161 e. The van der Waals surface area contributed by atoms with Crippen molar-refractivity contribution in [3.05, 3.63) is 47.8 Å². The molecule has 0 fully saturated rings. The first-order valence-corrected chi connectivity index (χ1v) is 5.94. The molecule has 0 aliphatic carbocycles. The van der Waals surface area contributed by atoms with Crippen LogP contribution in [0.3, 0.4) is 0 Å². The molecule has 94 valence electrons. The van der Waals surface area contributed by atoms with Crippen LogP contribution in [0.1, 0.15) is 17.4 Å². The zero-order valence-corrected chi connectivity index (χ0v) is 10.2. The predicted molar refractivity (Wildman–Crippen MR) is 66.9 cm³/mol. The molecule has 1 atom stereocenters. The molecule has 1 unspecified atom stereocenters. The van der Waals surface area contributed by atoms with Crippen LogP contribution < -0.4 is 9.47 Å². The van der Waals surface area contributed by atoms with Crippen LogP contribution in [0.25, 0.3) is 0 Å². The molecule has 1 aromatic carbocycles. The third-order valence-corrected chi connectivity index (χ3v) is 3.15. The summed E-state index contributed by atoms with van der Waals surface area (Å²) in [6, 6.07) is 9.37. The fraction of sp³-hybridized carbons (Fsp3) is 0.286. The van der Waals surface area contributed by atoms with Crippen molar-refractivity contribution in [1.82, 2.24) is 4.57 Å². The second-order valence-electron chi connectivity index (χ2n) is 4.35. The highest BCUT2D eigenvalue weighted by Crippen LogP contribution is 2.34. The lowest BCUT2D eigenvalue weighted by Gasteiger charge is -2.20. The minimum absolute atomic E-state index is 0.552. The Labute approximate surface area is 105 Å². The summed E-state index contributed by atoms with van der Waals surface area (Å²) in [5.74, 6) is 1.44. The van der Waals surface area contributed by atoms with Crippen LogP contribution in [0.2, 0.25) is 0 Å². The van der Waals surface area contributed by atoms with E-state index in [1.807, 2.05) is 48.1 Å². The molecule has 1 aromatic heterocycles. The summed E-state index contributed by atoms with van der Waals surface area (Å²) in [5, 5.41) is 10.3. The second-order valence-corrected chi connectivity index (χ2v) is 4.35. The van der Waals surface area contributed by atoms with Crippen LogP contribution in [0, 0.1) is 0 Å². The molecule has 4 nitrogen and oxygen atoms in total. The maximum atomic E-state index is 10.3. The summed E-state index contributed by atoms with van der Waals surface area (Å²) < 4.78 is 12.9. The summed E-state index contributed by atoms with van der Waals surface area (Å²) in [6.07, 6.45) is 1.26. The third-order valence-electron chi connectivity index (χ3n) is 3.15. The Balaban J connectivity index is 1.95. The summed E-state index contributed by atoms with van der Waals surface area (Å²) in [7, 11) is 1.91. The number of ether oxygens (including phenoxy) is 2. The number of nitrogens with zero attached hydrogens (tertiary/aromatic N) is 1. The van der Waals surface area contributed by atoms with Gasteiger partial charge in [0.05, 0.1) is 5.69 Å². The predicted octanol–water partition coefficient (Wildman–Crippen LogP) is 1.88. The Kier molecular flexibility index (Phi) is 2.72. The molecule has 0 amide bonds. The van der Waals surface area contributed by atoms with E-state index in [0.29, 0.717) is 19.0 Å². The minimum atomic E-state index is -0.652. The van der Waals surface area contributed by atoms with Crippen molar-refractivity contribution < 1.29 is 14.6 Å². The van der Waals surface area contributed by atoms with E-state index in [-0.39, 0.29) is 0 Å². The van der Waals surface area contributed by atoms with E-state index in [0.717, 1.165) is 17.0 Å². The smallest absolute Gasteiger partial charge is 0.161 e. The molecular formula is C14H15NO3. The van der Waals surface area contributed by atoms with Crippen molar-refractivity contribution in [3.63, 3.8) is 0 Å². The van der Waals surface area contributed by atoms with Gasteiger partial charge in [0, 0.05) is 13.2 Å². The van der Waals surface area contributed by atoms with Gasteiger partial charge in [0.25, 0.3) is 0 Å². The lowest BCUT2D eigenvalue weighted by Crippen LogP contribution is -2.16. The molecule has 3 rings (SSSR count). The summed E-state index contributed by atoms with van der Waals surface area (Å²) >= 11 is 0.